The Kier molecular flexibility index (Phi) is 8.16. The molecule has 38 heavy (non-hydrogen) atoms. The summed E-state index contributed by atoms with van der Waals surface area (Å²) in [6, 6.07) is 25.2. The van der Waals surface area contributed by atoms with Gasteiger partial charge in [-0.15, -0.1) is 0 Å². The molecule has 196 valence electrons. The van der Waals surface area contributed by atoms with E-state index in [-0.39, 0.29) is 17.7 Å². The fourth-order valence-corrected chi connectivity index (χ4v) is 4.96. The molecule has 0 radical (unpaired) electrons. The lowest BCUT2D eigenvalue weighted by molar-refractivity contribution is -0.120. The minimum absolute atomic E-state index is 0.0361. The number of rotatable bonds is 9. The molecule has 5 rings (SSSR count). The van der Waals surface area contributed by atoms with Crippen molar-refractivity contribution in [2.75, 3.05) is 48.8 Å². The van der Waals surface area contributed by atoms with Gasteiger partial charge in [-0.3, -0.25) is 14.5 Å². The number of amides is 2. The molecule has 1 atom stereocenters. The fourth-order valence-electron chi connectivity index (χ4n) is 4.96. The summed E-state index contributed by atoms with van der Waals surface area (Å²) < 4.78 is 5.42. The number of hydrogen-bond donors (Lipinski definition) is 3. The molecule has 3 N–H and O–H groups in total. The largest absolute Gasteiger partial charge is 0.379 e. The number of hydrogen-bond acceptors (Lipinski definition) is 5. The molecular formula is C31H34N4O3. The molecule has 0 aromatic heterocycles. The molecule has 1 fully saturated rings. The van der Waals surface area contributed by atoms with Crippen LogP contribution < -0.4 is 16.0 Å². The van der Waals surface area contributed by atoms with Crippen molar-refractivity contribution in [1.29, 1.82) is 0 Å². The van der Waals surface area contributed by atoms with Crippen LogP contribution in [0.25, 0.3) is 11.3 Å². The third-order valence-corrected chi connectivity index (χ3v) is 7.17. The van der Waals surface area contributed by atoms with E-state index in [0.29, 0.717) is 5.57 Å². The van der Waals surface area contributed by atoms with E-state index in [2.05, 4.69) is 27.8 Å². The van der Waals surface area contributed by atoms with E-state index in [1.54, 1.807) is 0 Å². The van der Waals surface area contributed by atoms with E-state index in [1.807, 2.05) is 78.9 Å². The van der Waals surface area contributed by atoms with Gasteiger partial charge in [0.1, 0.15) is 0 Å². The highest BCUT2D eigenvalue weighted by Crippen LogP contribution is 2.37. The van der Waals surface area contributed by atoms with Gasteiger partial charge >= 0.3 is 0 Å². The van der Waals surface area contributed by atoms with Crippen molar-refractivity contribution in [2.24, 2.45) is 5.92 Å². The number of para-hydroxylation sites is 1. The molecule has 3 aromatic carbocycles. The van der Waals surface area contributed by atoms with Crippen LogP contribution in [0.5, 0.6) is 0 Å². The summed E-state index contributed by atoms with van der Waals surface area (Å²) >= 11 is 0. The second-order valence-electron chi connectivity index (χ2n) is 9.66. The molecule has 7 nitrogen and oxygen atoms in total. The van der Waals surface area contributed by atoms with Gasteiger partial charge in [0.2, 0.25) is 5.91 Å². The summed E-state index contributed by atoms with van der Waals surface area (Å²) in [7, 11) is 0. The van der Waals surface area contributed by atoms with Gasteiger partial charge in [0.05, 0.1) is 24.5 Å². The first kappa shape index (κ1) is 25.7. The zero-order valence-corrected chi connectivity index (χ0v) is 21.7. The van der Waals surface area contributed by atoms with Crippen LogP contribution in [-0.4, -0.2) is 49.6 Å². The van der Waals surface area contributed by atoms with E-state index in [1.165, 1.54) is 0 Å². The molecule has 0 spiro atoms. The molecule has 2 aliphatic heterocycles. The quantitative estimate of drug-likeness (QED) is 0.340. The molecule has 0 saturated carbocycles. The Morgan fingerprint density at radius 1 is 0.921 bits per heavy atom. The Bertz CT molecular complexity index is 1300. The molecule has 2 aliphatic rings. The minimum Gasteiger partial charge on any atom is -0.379 e. The van der Waals surface area contributed by atoms with Crippen LogP contribution in [0.2, 0.25) is 0 Å². The molecule has 2 amide bonds. The second kappa shape index (κ2) is 12.1. The zero-order valence-electron chi connectivity index (χ0n) is 21.7. The van der Waals surface area contributed by atoms with Crippen LogP contribution in [0.3, 0.4) is 0 Å². The van der Waals surface area contributed by atoms with E-state index >= 15 is 0 Å². The van der Waals surface area contributed by atoms with Crippen LogP contribution in [0.15, 0.2) is 78.9 Å². The predicted octanol–water partition coefficient (Wildman–Crippen LogP) is 5.31. The van der Waals surface area contributed by atoms with Gasteiger partial charge in [0.25, 0.3) is 5.91 Å². The van der Waals surface area contributed by atoms with Crippen LogP contribution >= 0.6 is 0 Å². The van der Waals surface area contributed by atoms with Crippen molar-refractivity contribution in [3.63, 3.8) is 0 Å². The lowest BCUT2D eigenvalue weighted by Gasteiger charge is -2.27. The van der Waals surface area contributed by atoms with Crippen LogP contribution in [0, 0.1) is 5.92 Å². The molecular weight excluding hydrogens is 476 g/mol. The van der Waals surface area contributed by atoms with Gasteiger partial charge in [-0.2, -0.15) is 0 Å². The van der Waals surface area contributed by atoms with E-state index in [9.17, 15) is 9.59 Å². The number of morpholine rings is 1. The molecule has 0 aliphatic carbocycles. The number of nitrogens with zero attached hydrogens (tertiary/aromatic N) is 1. The van der Waals surface area contributed by atoms with Crippen LogP contribution in [0.4, 0.5) is 17.1 Å². The smallest absolute Gasteiger partial charge is 0.258 e. The Morgan fingerprint density at radius 2 is 1.58 bits per heavy atom. The predicted molar refractivity (Wildman–Crippen MR) is 153 cm³/mol. The maximum absolute atomic E-state index is 13.0. The van der Waals surface area contributed by atoms with Gasteiger partial charge in [0, 0.05) is 41.6 Å². The monoisotopic (exact) mass is 510 g/mol. The van der Waals surface area contributed by atoms with Crippen molar-refractivity contribution in [1.82, 2.24) is 4.90 Å². The third-order valence-electron chi connectivity index (χ3n) is 7.17. The van der Waals surface area contributed by atoms with E-state index in [4.69, 9.17) is 4.74 Å². The minimum atomic E-state index is -0.135. The average Bonchev–Trinajstić information content (AvgIpc) is 3.29. The Labute approximate surface area is 223 Å². The fraction of sp³-hybridized carbons (Fsp3) is 0.290. The number of carbonyl (C=O) groups is 2. The molecule has 1 unspecified atom stereocenters. The third kappa shape index (κ3) is 5.96. The number of anilines is 3. The summed E-state index contributed by atoms with van der Waals surface area (Å²) in [5, 5.41) is 9.52. The second-order valence-corrected chi connectivity index (χ2v) is 9.66. The SMILES string of the molecule is CCC(CCN1CCOCC1)C(=O)Nc1ccc(N/C(=C2\C(=O)Nc3ccccc32)c2ccccc2)cc1. The Morgan fingerprint density at radius 3 is 2.29 bits per heavy atom. The molecule has 7 heteroatoms. The topological polar surface area (TPSA) is 82.7 Å². The van der Waals surface area contributed by atoms with E-state index in [0.717, 1.165) is 79.6 Å². The summed E-state index contributed by atoms with van der Waals surface area (Å²) in [5.41, 5.74) is 5.51. The highest BCUT2D eigenvalue weighted by Gasteiger charge is 2.28. The van der Waals surface area contributed by atoms with Crippen molar-refractivity contribution in [3.05, 3.63) is 90.0 Å². The maximum atomic E-state index is 13.0. The first-order valence-electron chi connectivity index (χ1n) is 13.3. The summed E-state index contributed by atoms with van der Waals surface area (Å²) in [4.78, 5) is 28.3. The van der Waals surface area contributed by atoms with Gasteiger partial charge in [0.15, 0.2) is 0 Å². The number of carbonyl (C=O) groups excluding carboxylic acids is 2. The molecule has 1 saturated heterocycles. The first-order chi connectivity index (χ1) is 18.6. The highest BCUT2D eigenvalue weighted by molar-refractivity contribution is 6.37. The highest BCUT2D eigenvalue weighted by atomic mass is 16.5. The van der Waals surface area contributed by atoms with Crippen LogP contribution in [-0.2, 0) is 14.3 Å². The molecule has 3 aromatic rings. The van der Waals surface area contributed by atoms with Crippen molar-refractivity contribution < 1.29 is 14.3 Å². The number of fused-ring (bicyclic) bond motifs is 1. The molecule has 2 heterocycles. The average molecular weight is 511 g/mol. The first-order valence-corrected chi connectivity index (χ1v) is 13.3. The summed E-state index contributed by atoms with van der Waals surface area (Å²) in [6.45, 7) is 6.37. The normalized spacial score (nSPS) is 17.3. The standard InChI is InChI=1S/C31H34N4O3/c1-2-22(16-17-35-18-20-38-21-19-35)30(36)33-25-14-12-24(13-15-25)32-29(23-8-4-3-5-9-23)28-26-10-6-7-11-27(26)34-31(28)37/h3-15,22,32H,2,16-21H2,1H3,(H,33,36)(H,34,37)/b29-28-. The van der Waals surface area contributed by atoms with Gasteiger partial charge in [-0.25, -0.2) is 0 Å². The number of nitrogens with one attached hydrogen (secondary N) is 3. The maximum Gasteiger partial charge on any atom is 0.258 e. The Hall–Kier alpha value is -3.94. The van der Waals surface area contributed by atoms with Crippen molar-refractivity contribution >= 4 is 40.1 Å². The van der Waals surface area contributed by atoms with Gasteiger partial charge in [-0.05, 0) is 55.3 Å². The van der Waals surface area contributed by atoms with Gasteiger partial charge in [-0.1, -0.05) is 55.5 Å². The molecule has 0 bridgehead atoms. The van der Waals surface area contributed by atoms with Gasteiger partial charge < -0.3 is 20.7 Å². The van der Waals surface area contributed by atoms with Crippen molar-refractivity contribution in [2.45, 2.75) is 19.8 Å². The number of benzene rings is 3. The van der Waals surface area contributed by atoms with E-state index < -0.39 is 0 Å². The Balaban J connectivity index is 1.30. The lowest BCUT2D eigenvalue weighted by Crippen LogP contribution is -2.38. The summed E-state index contributed by atoms with van der Waals surface area (Å²) in [6.07, 6.45) is 1.63. The lowest BCUT2D eigenvalue weighted by atomic mass is 10.00. The summed E-state index contributed by atoms with van der Waals surface area (Å²) in [5.74, 6) is -0.122. The van der Waals surface area contributed by atoms with Crippen molar-refractivity contribution in [3.8, 4) is 0 Å². The number of ether oxygens (including phenoxy) is 1. The van der Waals surface area contributed by atoms with Crippen LogP contribution in [0.1, 0.15) is 30.9 Å². The zero-order chi connectivity index (χ0) is 26.3.